The number of nitriles is 1. The number of anilines is 2. The van der Waals surface area contributed by atoms with Gasteiger partial charge in [0.2, 0.25) is 0 Å². The number of aryl methyl sites for hydroxylation is 2. The number of rotatable bonds is 3. The molecule has 2 aromatic rings. The summed E-state index contributed by atoms with van der Waals surface area (Å²) in [7, 11) is 0. The van der Waals surface area contributed by atoms with Gasteiger partial charge in [0, 0.05) is 17.9 Å². The number of carbonyl (C=O) groups is 1. The fraction of sp³-hybridized carbons (Fsp3) is 0.200. The quantitative estimate of drug-likeness (QED) is 0.645. The number of carboxylic acids is 1. The van der Waals surface area contributed by atoms with Crippen LogP contribution in [0.2, 0.25) is 0 Å². The van der Waals surface area contributed by atoms with E-state index in [1.165, 1.54) is 11.6 Å². The monoisotopic (exact) mass is 317 g/mol. The summed E-state index contributed by atoms with van der Waals surface area (Å²) in [5.74, 6) is -1.45. The van der Waals surface area contributed by atoms with Gasteiger partial charge >= 0.3 is 0 Å². The summed E-state index contributed by atoms with van der Waals surface area (Å²) >= 11 is 0. The van der Waals surface area contributed by atoms with Crippen molar-refractivity contribution < 1.29 is 9.90 Å². The maximum atomic E-state index is 10.9. The molecule has 0 radical (unpaired) electrons. The second-order valence-corrected chi connectivity index (χ2v) is 5.94. The first-order valence-electron chi connectivity index (χ1n) is 7.89. The van der Waals surface area contributed by atoms with Crippen molar-refractivity contribution in [1.29, 1.82) is 5.26 Å². The number of benzene rings is 2. The molecular weight excluding hydrogens is 300 g/mol. The first-order chi connectivity index (χ1) is 11.6. The minimum absolute atomic E-state index is 0.360. The fourth-order valence-corrected chi connectivity index (χ4v) is 3.00. The molecule has 0 aliphatic carbocycles. The Labute approximate surface area is 141 Å². The van der Waals surface area contributed by atoms with Gasteiger partial charge in [0.25, 0.3) is 0 Å². The van der Waals surface area contributed by atoms with E-state index in [4.69, 9.17) is 5.26 Å². The summed E-state index contributed by atoms with van der Waals surface area (Å²) in [6, 6.07) is 15.9. The van der Waals surface area contributed by atoms with Crippen LogP contribution in [0.15, 0.2) is 48.0 Å². The van der Waals surface area contributed by atoms with Crippen LogP contribution in [0.3, 0.4) is 0 Å². The van der Waals surface area contributed by atoms with Crippen LogP contribution in [0.1, 0.15) is 23.1 Å². The topological polar surface area (TPSA) is 67.2 Å². The van der Waals surface area contributed by atoms with E-state index in [0.29, 0.717) is 5.56 Å². The molecule has 0 amide bonds. The number of nitrogens with zero attached hydrogens (tertiary/aromatic N) is 2. The van der Waals surface area contributed by atoms with Gasteiger partial charge in [-0.05, 0) is 61.2 Å². The lowest BCUT2D eigenvalue weighted by Crippen LogP contribution is -2.24. The van der Waals surface area contributed by atoms with Crippen molar-refractivity contribution in [2.45, 2.75) is 19.8 Å². The first kappa shape index (κ1) is 15.8. The molecule has 0 N–H and O–H groups in total. The highest BCUT2D eigenvalue weighted by atomic mass is 16.4. The molecule has 0 saturated heterocycles. The molecule has 1 aliphatic heterocycles. The summed E-state index contributed by atoms with van der Waals surface area (Å²) in [4.78, 5) is 13.2. The molecule has 4 heteroatoms. The van der Waals surface area contributed by atoms with E-state index >= 15 is 0 Å². The van der Waals surface area contributed by atoms with Crippen molar-refractivity contribution in [2.75, 3.05) is 11.4 Å². The molecule has 24 heavy (non-hydrogen) atoms. The molecule has 0 fully saturated rings. The molecule has 0 spiro atoms. The van der Waals surface area contributed by atoms with Gasteiger partial charge in [0.15, 0.2) is 0 Å². The Balaban J connectivity index is 1.97. The van der Waals surface area contributed by atoms with Crippen molar-refractivity contribution in [2.24, 2.45) is 0 Å². The molecule has 4 nitrogen and oxygen atoms in total. The maximum Gasteiger partial charge on any atom is 0.101 e. The number of hydrogen-bond donors (Lipinski definition) is 0. The van der Waals surface area contributed by atoms with E-state index in [2.05, 4.69) is 36.1 Å². The van der Waals surface area contributed by atoms with Crippen LogP contribution in [0, 0.1) is 18.3 Å². The van der Waals surface area contributed by atoms with Crippen LogP contribution in [0.5, 0.6) is 0 Å². The van der Waals surface area contributed by atoms with Crippen LogP contribution in [-0.2, 0) is 11.2 Å². The van der Waals surface area contributed by atoms with Gasteiger partial charge in [-0.1, -0.05) is 23.8 Å². The van der Waals surface area contributed by atoms with Gasteiger partial charge in [-0.3, -0.25) is 0 Å². The molecule has 1 heterocycles. The zero-order valence-electron chi connectivity index (χ0n) is 13.5. The number of fused-ring (bicyclic) bond motifs is 1. The second-order valence-electron chi connectivity index (χ2n) is 5.94. The molecule has 3 rings (SSSR count). The minimum atomic E-state index is -1.45. The average molecular weight is 317 g/mol. The summed E-state index contributed by atoms with van der Waals surface area (Å²) in [6.45, 7) is 3.02. The van der Waals surface area contributed by atoms with Crippen molar-refractivity contribution >= 4 is 23.4 Å². The van der Waals surface area contributed by atoms with Crippen LogP contribution >= 0.6 is 0 Å². The molecular formula is C20H17N2O2-. The van der Waals surface area contributed by atoms with Crippen LogP contribution in [0.25, 0.3) is 6.08 Å². The third-order valence-electron chi connectivity index (χ3n) is 4.22. The lowest BCUT2D eigenvalue weighted by molar-refractivity contribution is -0.298. The van der Waals surface area contributed by atoms with E-state index in [1.807, 2.05) is 18.2 Å². The maximum absolute atomic E-state index is 10.9. The molecule has 0 bridgehead atoms. The van der Waals surface area contributed by atoms with E-state index < -0.39 is 5.97 Å². The van der Waals surface area contributed by atoms with Gasteiger partial charge < -0.3 is 14.8 Å². The summed E-state index contributed by atoms with van der Waals surface area (Å²) < 4.78 is 0. The lowest BCUT2D eigenvalue weighted by Gasteiger charge is -2.31. The third kappa shape index (κ3) is 3.16. The van der Waals surface area contributed by atoms with Gasteiger partial charge in [-0.25, -0.2) is 0 Å². The molecule has 1 aliphatic rings. The van der Waals surface area contributed by atoms with Gasteiger partial charge in [-0.2, -0.15) is 5.26 Å². The summed E-state index contributed by atoms with van der Waals surface area (Å²) in [5, 5.41) is 19.7. The predicted molar refractivity (Wildman–Crippen MR) is 91.5 cm³/mol. The van der Waals surface area contributed by atoms with Crippen LogP contribution < -0.4 is 10.0 Å². The predicted octanol–water partition coefficient (Wildman–Crippen LogP) is 2.74. The number of carboxylic acid groups (broad SMARTS) is 1. The van der Waals surface area contributed by atoms with Crippen molar-refractivity contribution in [3.05, 3.63) is 64.7 Å². The van der Waals surface area contributed by atoms with Gasteiger partial charge in [0.1, 0.15) is 6.07 Å². The van der Waals surface area contributed by atoms with Crippen LogP contribution in [0.4, 0.5) is 11.4 Å². The molecule has 0 atom stereocenters. The molecule has 0 saturated carbocycles. The standard InChI is InChI=1S/C20H18N2O2/c1-14-4-7-18(8-5-14)22-10-2-3-16-11-15(6-9-19(16)22)12-17(13-21)20(23)24/h4-9,11-12H,2-3,10H2,1H3,(H,23,24)/p-1/b17-12+. The SMILES string of the molecule is Cc1ccc(N2CCCc3cc(/C=C(\C#N)C(=O)[O-])ccc32)cc1. The highest BCUT2D eigenvalue weighted by molar-refractivity contribution is 5.95. The van der Waals surface area contributed by atoms with E-state index in [-0.39, 0.29) is 5.57 Å². The summed E-state index contributed by atoms with van der Waals surface area (Å²) in [6.07, 6.45) is 3.33. The molecule has 0 aromatic heterocycles. The molecule has 0 unspecified atom stereocenters. The average Bonchev–Trinajstić information content (AvgIpc) is 2.59. The number of carbonyl (C=O) groups excluding carboxylic acids is 1. The highest BCUT2D eigenvalue weighted by Crippen LogP contribution is 2.34. The molecule has 2 aromatic carbocycles. The lowest BCUT2D eigenvalue weighted by atomic mass is 9.97. The Hall–Kier alpha value is -3.06. The Morgan fingerprint density at radius 1 is 1.25 bits per heavy atom. The highest BCUT2D eigenvalue weighted by Gasteiger charge is 2.18. The number of aliphatic carboxylic acids is 1. The summed E-state index contributed by atoms with van der Waals surface area (Å²) in [5.41, 5.74) is 5.02. The normalized spacial score (nSPS) is 14.0. The zero-order valence-corrected chi connectivity index (χ0v) is 13.5. The van der Waals surface area contributed by atoms with E-state index in [0.717, 1.165) is 36.3 Å². The third-order valence-corrected chi connectivity index (χ3v) is 4.22. The first-order valence-corrected chi connectivity index (χ1v) is 7.89. The van der Waals surface area contributed by atoms with Gasteiger partial charge in [0.05, 0.1) is 11.5 Å². The fourth-order valence-electron chi connectivity index (χ4n) is 3.00. The zero-order chi connectivity index (χ0) is 17.1. The Morgan fingerprint density at radius 3 is 2.67 bits per heavy atom. The molecule has 120 valence electrons. The minimum Gasteiger partial charge on any atom is -0.544 e. The Bertz CT molecular complexity index is 845. The van der Waals surface area contributed by atoms with E-state index in [9.17, 15) is 9.90 Å². The second kappa shape index (κ2) is 6.59. The van der Waals surface area contributed by atoms with Crippen molar-refractivity contribution in [1.82, 2.24) is 0 Å². The Morgan fingerprint density at radius 2 is 2.00 bits per heavy atom. The van der Waals surface area contributed by atoms with Crippen molar-refractivity contribution in [3.8, 4) is 6.07 Å². The largest absolute Gasteiger partial charge is 0.544 e. The van der Waals surface area contributed by atoms with E-state index in [1.54, 1.807) is 6.07 Å². The van der Waals surface area contributed by atoms with Crippen LogP contribution in [-0.4, -0.2) is 12.5 Å². The smallest absolute Gasteiger partial charge is 0.101 e. The van der Waals surface area contributed by atoms with Gasteiger partial charge in [-0.15, -0.1) is 0 Å². The van der Waals surface area contributed by atoms with Crippen molar-refractivity contribution in [3.63, 3.8) is 0 Å². The number of hydrogen-bond acceptors (Lipinski definition) is 4. The Kier molecular flexibility index (Phi) is 4.35.